The van der Waals surface area contributed by atoms with Gasteiger partial charge in [-0.1, -0.05) is 11.8 Å². The minimum atomic E-state index is -1.06. The largest absolute Gasteiger partial charge is 0.492 e. The van der Waals surface area contributed by atoms with Crippen LogP contribution in [0.25, 0.3) is 0 Å². The highest BCUT2D eigenvalue weighted by atomic mass is 16.5. The van der Waals surface area contributed by atoms with Crippen LogP contribution in [0.5, 0.6) is 5.75 Å². The highest BCUT2D eigenvalue weighted by Gasteiger charge is 2.41. The molecule has 26 heavy (non-hydrogen) atoms. The number of hydrogen-bond acceptors (Lipinski definition) is 5. The Morgan fingerprint density at radius 3 is 2.50 bits per heavy atom. The summed E-state index contributed by atoms with van der Waals surface area (Å²) < 4.78 is 11.1. The van der Waals surface area contributed by atoms with E-state index in [0.29, 0.717) is 31.8 Å². The fourth-order valence-electron chi connectivity index (χ4n) is 2.46. The van der Waals surface area contributed by atoms with Crippen molar-refractivity contribution in [2.45, 2.75) is 32.3 Å². The number of rotatable bonds is 4. The van der Waals surface area contributed by atoms with E-state index in [9.17, 15) is 9.90 Å². The molecule has 0 spiro atoms. The molecule has 6 nitrogen and oxygen atoms in total. The third kappa shape index (κ3) is 5.79. The molecular formula is C20H23NO5. The van der Waals surface area contributed by atoms with Crippen molar-refractivity contribution in [3.05, 3.63) is 29.8 Å². The molecular weight excluding hydrogens is 334 g/mol. The molecule has 138 valence electrons. The number of aliphatic hydroxyl groups is 1. The van der Waals surface area contributed by atoms with Gasteiger partial charge in [-0.05, 0) is 62.8 Å². The van der Waals surface area contributed by atoms with E-state index >= 15 is 0 Å². The second kappa shape index (κ2) is 8.73. The van der Waals surface area contributed by atoms with Gasteiger partial charge in [-0.15, -0.1) is 0 Å². The Kier molecular flexibility index (Phi) is 6.65. The van der Waals surface area contributed by atoms with Crippen molar-refractivity contribution >= 4 is 5.91 Å². The highest BCUT2D eigenvalue weighted by Crippen LogP contribution is 2.31. The monoisotopic (exact) mass is 357 g/mol. The van der Waals surface area contributed by atoms with Gasteiger partial charge >= 0.3 is 0 Å². The molecule has 1 heterocycles. The molecule has 0 unspecified atom stereocenters. The molecule has 0 radical (unpaired) electrons. The normalized spacial score (nSPS) is 15.7. The SMILES string of the molecule is CC(C)(O)C#CC#Cc1ccc(OCC2(C(=O)NO)CCOCC2)cc1. The lowest BCUT2D eigenvalue weighted by Gasteiger charge is -2.34. The van der Waals surface area contributed by atoms with Crippen LogP contribution >= 0.6 is 0 Å². The van der Waals surface area contributed by atoms with Gasteiger partial charge in [0.1, 0.15) is 18.0 Å². The zero-order chi connectivity index (χ0) is 19.0. The first-order valence-corrected chi connectivity index (χ1v) is 8.35. The highest BCUT2D eigenvalue weighted by molar-refractivity contribution is 5.81. The minimum absolute atomic E-state index is 0.158. The second-order valence-corrected chi connectivity index (χ2v) is 6.71. The molecule has 2 rings (SSSR count). The smallest absolute Gasteiger partial charge is 0.253 e. The lowest BCUT2D eigenvalue weighted by Crippen LogP contribution is -2.47. The van der Waals surface area contributed by atoms with Crippen molar-refractivity contribution in [3.8, 4) is 29.4 Å². The molecule has 1 amide bonds. The van der Waals surface area contributed by atoms with E-state index in [0.717, 1.165) is 5.56 Å². The fourth-order valence-corrected chi connectivity index (χ4v) is 2.46. The first-order chi connectivity index (χ1) is 12.3. The van der Waals surface area contributed by atoms with Crippen LogP contribution in [0.4, 0.5) is 0 Å². The lowest BCUT2D eigenvalue weighted by molar-refractivity contribution is -0.148. The Labute approximate surface area is 153 Å². The van der Waals surface area contributed by atoms with E-state index in [-0.39, 0.29) is 6.61 Å². The van der Waals surface area contributed by atoms with Gasteiger partial charge in [-0.3, -0.25) is 10.0 Å². The first-order valence-electron chi connectivity index (χ1n) is 8.35. The topological polar surface area (TPSA) is 88.0 Å². The van der Waals surface area contributed by atoms with Gasteiger partial charge in [0.25, 0.3) is 5.91 Å². The number of benzene rings is 1. The Bertz CT molecular complexity index is 735. The van der Waals surface area contributed by atoms with Crippen molar-refractivity contribution in [1.29, 1.82) is 0 Å². The number of hydrogen-bond donors (Lipinski definition) is 3. The fraction of sp³-hybridized carbons (Fsp3) is 0.450. The summed E-state index contributed by atoms with van der Waals surface area (Å²) in [7, 11) is 0. The van der Waals surface area contributed by atoms with E-state index < -0.39 is 16.9 Å². The molecule has 0 saturated carbocycles. The molecule has 0 atom stereocenters. The molecule has 1 fully saturated rings. The number of amides is 1. The van der Waals surface area contributed by atoms with Gasteiger partial charge in [-0.2, -0.15) is 0 Å². The average molecular weight is 357 g/mol. The van der Waals surface area contributed by atoms with Crippen molar-refractivity contribution < 1.29 is 24.6 Å². The molecule has 1 aromatic carbocycles. The van der Waals surface area contributed by atoms with Gasteiger partial charge in [0.15, 0.2) is 0 Å². The van der Waals surface area contributed by atoms with E-state index in [1.54, 1.807) is 43.6 Å². The van der Waals surface area contributed by atoms with E-state index in [1.807, 2.05) is 0 Å². The molecule has 0 bridgehead atoms. The summed E-state index contributed by atoms with van der Waals surface area (Å²) in [5, 5.41) is 18.5. The third-order valence-electron chi connectivity index (χ3n) is 4.04. The predicted molar refractivity (Wildman–Crippen MR) is 95.3 cm³/mol. The van der Waals surface area contributed by atoms with Crippen LogP contribution in [-0.2, 0) is 9.53 Å². The van der Waals surface area contributed by atoms with E-state index in [2.05, 4.69) is 23.7 Å². The van der Waals surface area contributed by atoms with Crippen molar-refractivity contribution in [1.82, 2.24) is 5.48 Å². The van der Waals surface area contributed by atoms with E-state index in [4.69, 9.17) is 14.7 Å². The third-order valence-corrected chi connectivity index (χ3v) is 4.04. The predicted octanol–water partition coefficient (Wildman–Crippen LogP) is 1.49. The van der Waals surface area contributed by atoms with Gasteiger partial charge in [0.05, 0.1) is 5.41 Å². The summed E-state index contributed by atoms with van der Waals surface area (Å²) >= 11 is 0. The Morgan fingerprint density at radius 1 is 1.27 bits per heavy atom. The van der Waals surface area contributed by atoms with Gasteiger partial charge in [0, 0.05) is 18.8 Å². The average Bonchev–Trinajstić information content (AvgIpc) is 2.64. The second-order valence-electron chi connectivity index (χ2n) is 6.71. The lowest BCUT2D eigenvalue weighted by atomic mass is 9.80. The zero-order valence-electron chi connectivity index (χ0n) is 15.0. The number of hydroxylamine groups is 1. The summed E-state index contributed by atoms with van der Waals surface area (Å²) in [4.78, 5) is 12.0. The van der Waals surface area contributed by atoms with Crippen molar-refractivity contribution in [3.63, 3.8) is 0 Å². The summed E-state index contributed by atoms with van der Waals surface area (Å²) in [5.74, 6) is 10.9. The quantitative estimate of drug-likeness (QED) is 0.432. The minimum Gasteiger partial charge on any atom is -0.492 e. The Hall–Kier alpha value is -2.51. The van der Waals surface area contributed by atoms with Gasteiger partial charge in [0.2, 0.25) is 0 Å². The first kappa shape index (κ1) is 19.8. The molecule has 1 aliphatic heterocycles. The molecule has 1 saturated heterocycles. The zero-order valence-corrected chi connectivity index (χ0v) is 15.0. The van der Waals surface area contributed by atoms with Crippen LogP contribution in [0, 0.1) is 29.1 Å². The Morgan fingerprint density at radius 2 is 1.92 bits per heavy atom. The molecule has 1 aliphatic rings. The standard InChI is InChI=1S/C20H23NO5/c1-19(2,23)10-4-3-5-16-6-8-17(9-7-16)26-15-20(18(22)21-24)11-13-25-14-12-20/h6-9,23-24H,11-15H2,1-2H3,(H,21,22). The van der Waals surface area contributed by atoms with Crippen LogP contribution in [0.1, 0.15) is 32.3 Å². The van der Waals surface area contributed by atoms with Crippen LogP contribution in [0.15, 0.2) is 24.3 Å². The number of carbonyl (C=O) groups excluding carboxylic acids is 1. The summed E-state index contributed by atoms with van der Waals surface area (Å²) in [6.45, 7) is 4.25. The maximum Gasteiger partial charge on any atom is 0.253 e. The summed E-state index contributed by atoms with van der Waals surface area (Å²) in [5.41, 5.74) is 0.641. The molecule has 0 aliphatic carbocycles. The Balaban J connectivity index is 1.99. The number of nitrogens with one attached hydrogen (secondary N) is 1. The molecule has 1 aromatic rings. The van der Waals surface area contributed by atoms with Gasteiger partial charge < -0.3 is 14.6 Å². The summed E-state index contributed by atoms with van der Waals surface area (Å²) in [6.07, 6.45) is 0.978. The van der Waals surface area contributed by atoms with Gasteiger partial charge in [-0.25, -0.2) is 5.48 Å². The maximum absolute atomic E-state index is 12.0. The number of ether oxygens (including phenoxy) is 2. The van der Waals surface area contributed by atoms with Crippen LogP contribution in [0.2, 0.25) is 0 Å². The molecule has 3 N–H and O–H groups in total. The number of carbonyl (C=O) groups is 1. The maximum atomic E-state index is 12.0. The van der Waals surface area contributed by atoms with E-state index in [1.165, 1.54) is 0 Å². The van der Waals surface area contributed by atoms with Crippen molar-refractivity contribution in [2.24, 2.45) is 5.41 Å². The summed E-state index contributed by atoms with van der Waals surface area (Å²) in [6, 6.07) is 7.10. The molecule has 6 heteroatoms. The van der Waals surface area contributed by atoms with Crippen LogP contribution in [-0.4, -0.2) is 41.6 Å². The van der Waals surface area contributed by atoms with Crippen molar-refractivity contribution in [2.75, 3.05) is 19.8 Å². The molecule has 0 aromatic heterocycles. The van der Waals surface area contributed by atoms with Crippen LogP contribution < -0.4 is 10.2 Å². The van der Waals surface area contributed by atoms with Crippen LogP contribution in [0.3, 0.4) is 0 Å².